The van der Waals surface area contributed by atoms with Gasteiger partial charge in [-0.25, -0.2) is 0 Å². The van der Waals surface area contributed by atoms with Crippen molar-refractivity contribution in [3.05, 3.63) is 45.3 Å². The summed E-state index contributed by atoms with van der Waals surface area (Å²) in [6, 6.07) is 3.21. The molecule has 0 aliphatic carbocycles. The minimum Gasteiger partial charge on any atom is -0.496 e. The molecule has 0 atom stereocenters. The Morgan fingerprint density at radius 1 is 1.19 bits per heavy atom. The predicted octanol–water partition coefficient (Wildman–Crippen LogP) is 3.63. The molecule has 112 valence electrons. The fraction of sp³-hybridized carbons (Fsp3) is 0.353. The Labute approximate surface area is 124 Å². The van der Waals surface area contributed by atoms with E-state index in [2.05, 4.69) is 6.08 Å². The summed E-state index contributed by atoms with van der Waals surface area (Å²) in [5, 5.41) is 0.459. The summed E-state index contributed by atoms with van der Waals surface area (Å²) >= 11 is 0. The summed E-state index contributed by atoms with van der Waals surface area (Å²) in [4.78, 5) is 12.3. The van der Waals surface area contributed by atoms with Crippen molar-refractivity contribution in [1.82, 2.24) is 0 Å². The Balaban J connectivity index is 2.87. The molecule has 0 amide bonds. The lowest BCUT2D eigenvalue weighted by atomic mass is 10.0. The normalized spacial score (nSPS) is 10.5. The maximum atomic E-state index is 12.3. The van der Waals surface area contributed by atoms with Crippen LogP contribution in [0.3, 0.4) is 0 Å². The molecule has 4 nitrogen and oxygen atoms in total. The highest BCUT2D eigenvalue weighted by Crippen LogP contribution is 2.35. The minimum atomic E-state index is -0.105. The van der Waals surface area contributed by atoms with Gasteiger partial charge in [-0.1, -0.05) is 11.6 Å². The molecular formula is C17H20O4. The van der Waals surface area contributed by atoms with Crippen molar-refractivity contribution in [3.63, 3.8) is 0 Å². The molecule has 0 fully saturated rings. The van der Waals surface area contributed by atoms with E-state index < -0.39 is 0 Å². The maximum Gasteiger partial charge on any atom is 0.196 e. The minimum absolute atomic E-state index is 0.105. The molecule has 0 unspecified atom stereocenters. The second kappa shape index (κ2) is 6.04. The average Bonchev–Trinajstić information content (AvgIpc) is 2.43. The molecule has 1 heterocycles. The predicted molar refractivity (Wildman–Crippen MR) is 83.5 cm³/mol. The van der Waals surface area contributed by atoms with Gasteiger partial charge in [-0.15, -0.1) is 0 Å². The van der Waals surface area contributed by atoms with Crippen LogP contribution >= 0.6 is 0 Å². The van der Waals surface area contributed by atoms with Crippen molar-refractivity contribution in [1.29, 1.82) is 0 Å². The topological polar surface area (TPSA) is 48.7 Å². The molecule has 4 heteroatoms. The van der Waals surface area contributed by atoms with Gasteiger partial charge in [-0.2, -0.15) is 0 Å². The van der Waals surface area contributed by atoms with Crippen LogP contribution in [0.4, 0.5) is 0 Å². The van der Waals surface area contributed by atoms with Crippen LogP contribution in [0.2, 0.25) is 0 Å². The highest BCUT2D eigenvalue weighted by atomic mass is 16.5. The number of hydrogen-bond donors (Lipinski definition) is 0. The lowest BCUT2D eigenvalue weighted by Crippen LogP contribution is -2.06. The summed E-state index contributed by atoms with van der Waals surface area (Å²) in [7, 11) is 3.13. The Morgan fingerprint density at radius 3 is 2.43 bits per heavy atom. The van der Waals surface area contributed by atoms with Gasteiger partial charge in [0.15, 0.2) is 5.43 Å². The van der Waals surface area contributed by atoms with E-state index in [4.69, 9.17) is 13.9 Å². The van der Waals surface area contributed by atoms with Crippen LogP contribution in [0.15, 0.2) is 33.0 Å². The van der Waals surface area contributed by atoms with Crippen molar-refractivity contribution in [2.24, 2.45) is 0 Å². The quantitative estimate of drug-likeness (QED) is 0.806. The number of allylic oxidation sites excluding steroid dienone is 2. The van der Waals surface area contributed by atoms with E-state index >= 15 is 0 Å². The SMILES string of the molecule is COc1cc(OC)c2c(=O)cc(C)oc2c1CC=C(C)C. The molecule has 1 aromatic heterocycles. The summed E-state index contributed by atoms with van der Waals surface area (Å²) in [5.74, 6) is 1.70. The Bertz CT molecular complexity index is 749. The summed E-state index contributed by atoms with van der Waals surface area (Å²) < 4.78 is 16.6. The van der Waals surface area contributed by atoms with Crippen LogP contribution in [-0.4, -0.2) is 14.2 Å². The van der Waals surface area contributed by atoms with Crippen molar-refractivity contribution in [2.75, 3.05) is 14.2 Å². The molecular weight excluding hydrogens is 268 g/mol. The Morgan fingerprint density at radius 2 is 1.86 bits per heavy atom. The third-order valence-electron chi connectivity index (χ3n) is 3.31. The van der Waals surface area contributed by atoms with Crippen LogP contribution in [0, 0.1) is 6.92 Å². The molecule has 0 saturated carbocycles. The number of benzene rings is 1. The summed E-state index contributed by atoms with van der Waals surface area (Å²) in [6.07, 6.45) is 2.71. The monoisotopic (exact) mass is 288 g/mol. The molecule has 2 rings (SSSR count). The number of fused-ring (bicyclic) bond motifs is 1. The second-order valence-corrected chi connectivity index (χ2v) is 5.17. The first kappa shape index (κ1) is 15.2. The number of ether oxygens (including phenoxy) is 2. The Hall–Kier alpha value is -2.23. The molecule has 2 aromatic rings. The van der Waals surface area contributed by atoms with Gasteiger partial charge in [0.05, 0.1) is 14.2 Å². The van der Waals surface area contributed by atoms with E-state index in [1.807, 2.05) is 13.8 Å². The van der Waals surface area contributed by atoms with E-state index in [0.29, 0.717) is 34.6 Å². The zero-order chi connectivity index (χ0) is 15.6. The molecule has 0 aliphatic rings. The fourth-order valence-corrected chi connectivity index (χ4v) is 2.29. The average molecular weight is 288 g/mol. The van der Waals surface area contributed by atoms with Crippen LogP contribution in [0.5, 0.6) is 11.5 Å². The maximum absolute atomic E-state index is 12.3. The van der Waals surface area contributed by atoms with E-state index in [-0.39, 0.29) is 5.43 Å². The molecule has 0 N–H and O–H groups in total. The van der Waals surface area contributed by atoms with Gasteiger partial charge < -0.3 is 13.9 Å². The van der Waals surface area contributed by atoms with Gasteiger partial charge in [0, 0.05) is 17.7 Å². The van der Waals surface area contributed by atoms with E-state index in [9.17, 15) is 4.79 Å². The van der Waals surface area contributed by atoms with Crippen molar-refractivity contribution < 1.29 is 13.9 Å². The molecule has 21 heavy (non-hydrogen) atoms. The van der Waals surface area contributed by atoms with Crippen LogP contribution in [0.25, 0.3) is 11.0 Å². The van der Waals surface area contributed by atoms with Gasteiger partial charge in [0.1, 0.15) is 28.2 Å². The van der Waals surface area contributed by atoms with E-state index in [1.54, 1.807) is 20.1 Å². The fourth-order valence-electron chi connectivity index (χ4n) is 2.29. The van der Waals surface area contributed by atoms with Crippen molar-refractivity contribution >= 4 is 11.0 Å². The number of aryl methyl sites for hydroxylation is 1. The highest BCUT2D eigenvalue weighted by molar-refractivity contribution is 5.88. The third-order valence-corrected chi connectivity index (χ3v) is 3.31. The zero-order valence-electron chi connectivity index (χ0n) is 13.1. The molecule has 0 saturated heterocycles. The summed E-state index contributed by atoms with van der Waals surface area (Å²) in [6.45, 7) is 5.82. The van der Waals surface area contributed by atoms with E-state index in [0.717, 1.165) is 5.56 Å². The van der Waals surface area contributed by atoms with Crippen LogP contribution < -0.4 is 14.9 Å². The number of methoxy groups -OCH3 is 2. The number of hydrogen-bond acceptors (Lipinski definition) is 4. The third kappa shape index (κ3) is 2.94. The van der Waals surface area contributed by atoms with Crippen molar-refractivity contribution in [3.8, 4) is 11.5 Å². The Kier molecular flexibility index (Phi) is 4.36. The first-order valence-electron chi connectivity index (χ1n) is 6.79. The number of rotatable bonds is 4. The highest BCUT2D eigenvalue weighted by Gasteiger charge is 2.17. The van der Waals surface area contributed by atoms with Gasteiger partial charge in [-0.3, -0.25) is 4.79 Å². The van der Waals surface area contributed by atoms with Crippen molar-refractivity contribution in [2.45, 2.75) is 27.2 Å². The van der Waals surface area contributed by atoms with Gasteiger partial charge in [-0.05, 0) is 27.2 Å². The standard InChI is InChI=1S/C17H20O4/c1-10(2)6-7-12-14(19-4)9-15(20-5)16-13(18)8-11(3)21-17(12)16/h6,8-9H,7H2,1-5H3. The van der Waals surface area contributed by atoms with E-state index in [1.165, 1.54) is 18.7 Å². The van der Waals surface area contributed by atoms with Gasteiger partial charge in [0.25, 0.3) is 0 Å². The molecule has 0 spiro atoms. The largest absolute Gasteiger partial charge is 0.496 e. The molecule has 0 bridgehead atoms. The second-order valence-electron chi connectivity index (χ2n) is 5.17. The lowest BCUT2D eigenvalue weighted by Gasteiger charge is -2.13. The summed E-state index contributed by atoms with van der Waals surface area (Å²) in [5.41, 5.74) is 2.48. The van der Waals surface area contributed by atoms with Gasteiger partial charge >= 0.3 is 0 Å². The zero-order valence-corrected chi connectivity index (χ0v) is 13.1. The van der Waals surface area contributed by atoms with Crippen LogP contribution in [0.1, 0.15) is 25.2 Å². The molecule has 1 aromatic carbocycles. The van der Waals surface area contributed by atoms with Crippen LogP contribution in [-0.2, 0) is 6.42 Å². The first-order valence-corrected chi connectivity index (χ1v) is 6.79. The smallest absolute Gasteiger partial charge is 0.196 e. The molecule has 0 radical (unpaired) electrons. The van der Waals surface area contributed by atoms with Gasteiger partial charge in [0.2, 0.25) is 0 Å². The molecule has 0 aliphatic heterocycles. The first-order chi connectivity index (χ1) is 9.97. The lowest BCUT2D eigenvalue weighted by molar-refractivity contribution is 0.393.